The second-order valence-corrected chi connectivity index (χ2v) is 7.12. The highest BCUT2D eigenvalue weighted by Crippen LogP contribution is 2.27. The average Bonchev–Trinajstić information content (AvgIpc) is 2.30. The Hall–Kier alpha value is -0.630. The fraction of sp³-hybridized carbons (Fsp3) is 0.500. The van der Waals surface area contributed by atoms with Crippen molar-refractivity contribution in [3.05, 3.63) is 22.7 Å². The number of hydrogen-bond acceptors (Lipinski definition) is 4. The Morgan fingerprint density at radius 1 is 1.47 bits per heavy atom. The predicted molar refractivity (Wildman–Crippen MR) is 77.3 cm³/mol. The van der Waals surface area contributed by atoms with Gasteiger partial charge in [0.05, 0.1) is 11.0 Å². The molecule has 1 aliphatic rings. The highest BCUT2D eigenvalue weighted by Gasteiger charge is 2.33. The first kappa shape index (κ1) is 14.8. The van der Waals surface area contributed by atoms with Gasteiger partial charge < -0.3 is 10.5 Å². The monoisotopic (exact) mass is 348 g/mol. The Kier molecular flexibility index (Phi) is 4.50. The van der Waals surface area contributed by atoms with E-state index < -0.39 is 10.0 Å². The third kappa shape index (κ3) is 3.47. The first-order valence-corrected chi connectivity index (χ1v) is 8.39. The van der Waals surface area contributed by atoms with Crippen molar-refractivity contribution >= 4 is 31.6 Å². The smallest absolute Gasteiger partial charge is 0.240 e. The maximum absolute atomic E-state index is 12.1. The fourth-order valence-electron chi connectivity index (χ4n) is 2.01. The van der Waals surface area contributed by atoms with Gasteiger partial charge in [0.2, 0.25) is 10.0 Å². The van der Waals surface area contributed by atoms with Crippen LogP contribution in [0.15, 0.2) is 27.6 Å². The van der Waals surface area contributed by atoms with Gasteiger partial charge in [-0.3, -0.25) is 0 Å². The molecule has 0 saturated heterocycles. The largest absolute Gasteiger partial charge is 0.398 e. The van der Waals surface area contributed by atoms with Gasteiger partial charge in [-0.2, -0.15) is 0 Å². The van der Waals surface area contributed by atoms with Crippen molar-refractivity contribution in [2.75, 3.05) is 12.3 Å². The Morgan fingerprint density at radius 2 is 2.16 bits per heavy atom. The van der Waals surface area contributed by atoms with E-state index >= 15 is 0 Å². The molecule has 3 N–H and O–H groups in total. The molecule has 1 aromatic carbocycles. The van der Waals surface area contributed by atoms with Gasteiger partial charge in [0.25, 0.3) is 0 Å². The second kappa shape index (κ2) is 5.78. The lowest BCUT2D eigenvalue weighted by Crippen LogP contribution is -2.47. The van der Waals surface area contributed by atoms with Gasteiger partial charge in [-0.25, -0.2) is 13.1 Å². The summed E-state index contributed by atoms with van der Waals surface area (Å²) in [7, 11) is -3.50. The summed E-state index contributed by atoms with van der Waals surface area (Å²) < 4.78 is 33.0. The van der Waals surface area contributed by atoms with Crippen LogP contribution in [0.25, 0.3) is 0 Å². The number of nitrogen functional groups attached to an aromatic ring is 1. The molecule has 1 aromatic rings. The minimum Gasteiger partial charge on any atom is -0.398 e. The minimum absolute atomic E-state index is 0.0496. The summed E-state index contributed by atoms with van der Waals surface area (Å²) in [5.74, 6) is 0. The molecule has 106 valence electrons. The summed E-state index contributed by atoms with van der Waals surface area (Å²) in [6, 6.07) is 4.56. The molecular formula is C12H17BrN2O3S. The van der Waals surface area contributed by atoms with Gasteiger partial charge in [0.15, 0.2) is 0 Å². The molecule has 0 aromatic heterocycles. The van der Waals surface area contributed by atoms with Gasteiger partial charge in [-0.05, 0) is 53.9 Å². The van der Waals surface area contributed by atoms with Gasteiger partial charge in [0.1, 0.15) is 0 Å². The Balaban J connectivity index is 2.01. The number of sulfonamides is 1. The third-order valence-electron chi connectivity index (χ3n) is 3.10. The lowest BCUT2D eigenvalue weighted by molar-refractivity contribution is -0.00475. The second-order valence-electron chi connectivity index (χ2n) is 4.55. The zero-order valence-electron chi connectivity index (χ0n) is 10.6. The van der Waals surface area contributed by atoms with Gasteiger partial charge in [0, 0.05) is 22.8 Å². The van der Waals surface area contributed by atoms with Gasteiger partial charge in [-0.1, -0.05) is 0 Å². The van der Waals surface area contributed by atoms with Crippen LogP contribution >= 0.6 is 15.9 Å². The molecule has 1 aliphatic carbocycles. The van der Waals surface area contributed by atoms with Crippen LogP contribution in [0.5, 0.6) is 0 Å². The summed E-state index contributed by atoms with van der Waals surface area (Å²) in [4.78, 5) is 0.188. The van der Waals surface area contributed by atoms with Crippen molar-refractivity contribution in [2.24, 2.45) is 0 Å². The predicted octanol–water partition coefficient (Wildman–Crippen LogP) is 1.88. The topological polar surface area (TPSA) is 81.4 Å². The average molecular weight is 349 g/mol. The van der Waals surface area contributed by atoms with Crippen LogP contribution in [0, 0.1) is 0 Å². The van der Waals surface area contributed by atoms with Crippen molar-refractivity contribution < 1.29 is 13.2 Å². The van der Waals surface area contributed by atoms with E-state index in [-0.39, 0.29) is 17.0 Å². The normalized spacial score (nSPS) is 23.1. The molecule has 0 bridgehead atoms. The van der Waals surface area contributed by atoms with Crippen molar-refractivity contribution in [1.82, 2.24) is 4.72 Å². The molecule has 0 radical (unpaired) electrons. The molecule has 0 heterocycles. The van der Waals surface area contributed by atoms with E-state index in [0.717, 1.165) is 12.8 Å². The summed E-state index contributed by atoms with van der Waals surface area (Å²) in [6.07, 6.45) is 1.62. The Bertz CT molecular complexity index is 556. The molecule has 1 fully saturated rings. The lowest BCUT2D eigenvalue weighted by Gasteiger charge is -2.35. The number of halogens is 1. The zero-order chi connectivity index (χ0) is 14.0. The van der Waals surface area contributed by atoms with E-state index in [2.05, 4.69) is 20.7 Å². The van der Waals surface area contributed by atoms with Crippen molar-refractivity contribution in [2.45, 2.75) is 36.8 Å². The van der Waals surface area contributed by atoms with Gasteiger partial charge in [-0.15, -0.1) is 0 Å². The molecule has 0 amide bonds. The highest BCUT2D eigenvalue weighted by molar-refractivity contribution is 9.10. The van der Waals surface area contributed by atoms with E-state index in [1.165, 1.54) is 12.1 Å². The van der Waals surface area contributed by atoms with E-state index in [4.69, 9.17) is 10.5 Å². The first-order valence-electron chi connectivity index (χ1n) is 6.11. The molecule has 0 spiro atoms. The highest BCUT2D eigenvalue weighted by atomic mass is 79.9. The molecule has 5 nitrogen and oxygen atoms in total. The van der Waals surface area contributed by atoms with E-state index in [1.807, 2.05) is 6.92 Å². The molecule has 0 unspecified atom stereocenters. The van der Waals surface area contributed by atoms with E-state index in [0.29, 0.717) is 16.8 Å². The molecule has 19 heavy (non-hydrogen) atoms. The third-order valence-corrected chi connectivity index (χ3v) is 5.34. The standard InChI is InChI=1S/C12H17BrN2O3S/c1-2-18-9-5-8(6-9)15-19(16,17)10-3-4-11(13)12(14)7-10/h3-4,7-9,15H,2,5-6,14H2,1H3. The van der Waals surface area contributed by atoms with Crippen molar-refractivity contribution in [1.29, 1.82) is 0 Å². The summed E-state index contributed by atoms with van der Waals surface area (Å²) in [6.45, 7) is 2.59. The number of benzene rings is 1. The van der Waals surface area contributed by atoms with Crippen LogP contribution in [0.3, 0.4) is 0 Å². The van der Waals surface area contributed by atoms with E-state index in [9.17, 15) is 8.42 Å². The quantitative estimate of drug-likeness (QED) is 0.796. The Labute approximate surface area is 121 Å². The molecule has 1 saturated carbocycles. The number of anilines is 1. The minimum atomic E-state index is -3.50. The van der Waals surface area contributed by atoms with Gasteiger partial charge >= 0.3 is 0 Å². The Morgan fingerprint density at radius 3 is 2.74 bits per heavy atom. The van der Waals surface area contributed by atoms with Crippen LogP contribution in [-0.2, 0) is 14.8 Å². The van der Waals surface area contributed by atoms with Crippen LogP contribution in [0.2, 0.25) is 0 Å². The number of rotatable bonds is 5. The first-order chi connectivity index (χ1) is 8.92. The van der Waals surface area contributed by atoms with Crippen LogP contribution in [-0.4, -0.2) is 27.2 Å². The molecular weight excluding hydrogens is 332 g/mol. The maximum atomic E-state index is 12.1. The van der Waals surface area contributed by atoms with Crippen LogP contribution in [0.1, 0.15) is 19.8 Å². The number of nitrogens with two attached hydrogens (primary N) is 1. The lowest BCUT2D eigenvalue weighted by atomic mass is 9.90. The van der Waals surface area contributed by atoms with Crippen LogP contribution < -0.4 is 10.5 Å². The molecule has 0 atom stereocenters. The fourth-order valence-corrected chi connectivity index (χ4v) is 3.55. The maximum Gasteiger partial charge on any atom is 0.240 e. The van der Waals surface area contributed by atoms with Crippen LogP contribution in [0.4, 0.5) is 5.69 Å². The summed E-state index contributed by atoms with van der Waals surface area (Å²) in [5.41, 5.74) is 6.10. The van der Waals surface area contributed by atoms with Crippen molar-refractivity contribution in [3.63, 3.8) is 0 Å². The zero-order valence-corrected chi connectivity index (χ0v) is 13.0. The van der Waals surface area contributed by atoms with E-state index in [1.54, 1.807) is 6.07 Å². The molecule has 0 aliphatic heterocycles. The number of hydrogen-bond donors (Lipinski definition) is 2. The number of ether oxygens (including phenoxy) is 1. The molecule has 7 heteroatoms. The molecule has 2 rings (SSSR count). The number of nitrogens with one attached hydrogen (secondary N) is 1. The SMILES string of the molecule is CCOC1CC(NS(=O)(=O)c2ccc(Br)c(N)c2)C1. The summed E-state index contributed by atoms with van der Waals surface area (Å²) >= 11 is 3.24. The summed E-state index contributed by atoms with van der Waals surface area (Å²) in [5, 5.41) is 0. The van der Waals surface area contributed by atoms with Crippen molar-refractivity contribution in [3.8, 4) is 0 Å².